The van der Waals surface area contributed by atoms with Gasteiger partial charge >= 0.3 is 0 Å². The molecule has 2 aliphatic carbocycles. The van der Waals surface area contributed by atoms with Crippen LogP contribution in [-0.2, 0) is 18.3 Å². The third-order valence-electron chi connectivity index (χ3n) is 5.34. The number of nitrogens with one attached hydrogen (secondary N) is 1. The first-order chi connectivity index (χ1) is 11.5. The molecule has 4 rings (SSSR count). The van der Waals surface area contributed by atoms with Gasteiger partial charge < -0.3 is 5.32 Å². The number of nitrogens with zero attached hydrogens (tertiary/aromatic N) is 2. The van der Waals surface area contributed by atoms with Crippen molar-refractivity contribution >= 4 is 17.5 Å². The summed E-state index contributed by atoms with van der Waals surface area (Å²) in [4.78, 5) is 12.4. The van der Waals surface area contributed by atoms with Gasteiger partial charge in [-0.3, -0.25) is 9.48 Å². The molecule has 2 saturated carbocycles. The Morgan fingerprint density at radius 2 is 2.29 bits per heavy atom. The highest BCUT2D eigenvalue weighted by molar-refractivity contribution is 6.30. The lowest BCUT2D eigenvalue weighted by molar-refractivity contribution is -0.122. The van der Waals surface area contributed by atoms with Crippen LogP contribution in [0.5, 0.6) is 0 Å². The van der Waals surface area contributed by atoms with Crippen LogP contribution in [0.3, 0.4) is 0 Å². The van der Waals surface area contributed by atoms with Crippen LogP contribution in [0.4, 0.5) is 0 Å². The topological polar surface area (TPSA) is 46.9 Å². The number of aromatic nitrogens is 2. The van der Waals surface area contributed by atoms with Crippen molar-refractivity contribution in [2.24, 2.45) is 18.4 Å². The van der Waals surface area contributed by atoms with Crippen LogP contribution in [0.15, 0.2) is 36.7 Å². The summed E-state index contributed by atoms with van der Waals surface area (Å²) in [6.45, 7) is 0.772. The first-order valence-corrected chi connectivity index (χ1v) is 8.93. The molecule has 1 aromatic heterocycles. The average Bonchev–Trinajstić information content (AvgIpc) is 3.45. The molecule has 2 atom stereocenters. The molecule has 24 heavy (non-hydrogen) atoms. The first-order valence-electron chi connectivity index (χ1n) is 8.55. The predicted octanol–water partition coefficient (Wildman–Crippen LogP) is 3.32. The zero-order valence-electron chi connectivity index (χ0n) is 13.8. The van der Waals surface area contributed by atoms with Gasteiger partial charge in [0.15, 0.2) is 0 Å². The Balaban J connectivity index is 1.30. The predicted molar refractivity (Wildman–Crippen MR) is 93.9 cm³/mol. The third kappa shape index (κ3) is 3.34. The van der Waals surface area contributed by atoms with E-state index >= 15 is 0 Å². The van der Waals surface area contributed by atoms with Gasteiger partial charge in [-0.25, -0.2) is 0 Å². The molecule has 5 heteroatoms. The van der Waals surface area contributed by atoms with Crippen LogP contribution in [-0.4, -0.2) is 22.2 Å². The van der Waals surface area contributed by atoms with E-state index in [2.05, 4.69) is 16.5 Å². The molecule has 2 aromatic rings. The highest BCUT2D eigenvalue weighted by Crippen LogP contribution is 2.50. The van der Waals surface area contributed by atoms with Crippen LogP contribution in [0.1, 0.15) is 36.3 Å². The number of rotatable bonds is 6. The number of carbonyl (C=O) groups is 1. The van der Waals surface area contributed by atoms with E-state index in [4.69, 9.17) is 11.6 Å². The van der Waals surface area contributed by atoms with Crippen molar-refractivity contribution in [3.8, 4) is 0 Å². The van der Waals surface area contributed by atoms with E-state index in [9.17, 15) is 4.79 Å². The fourth-order valence-electron chi connectivity index (χ4n) is 3.56. The molecule has 0 saturated heterocycles. The van der Waals surface area contributed by atoms with Gasteiger partial charge in [0.05, 0.1) is 6.20 Å². The maximum absolute atomic E-state index is 12.4. The number of hydrogen-bond acceptors (Lipinski definition) is 2. The highest BCUT2D eigenvalue weighted by atomic mass is 35.5. The molecule has 2 fully saturated rings. The van der Waals surface area contributed by atoms with E-state index in [0.717, 1.165) is 24.4 Å². The smallest absolute Gasteiger partial charge is 0.223 e. The number of halogens is 1. The third-order valence-corrected chi connectivity index (χ3v) is 5.58. The van der Waals surface area contributed by atoms with Crippen molar-refractivity contribution in [3.63, 3.8) is 0 Å². The number of benzene rings is 1. The van der Waals surface area contributed by atoms with Crippen LogP contribution in [0.2, 0.25) is 5.02 Å². The Labute approximate surface area is 147 Å². The second-order valence-electron chi connectivity index (χ2n) is 7.42. The SMILES string of the molecule is Cn1cc([C@@H]2C[C@H]2C(=O)NCC2(Cc3cccc(Cl)c3)CC2)cn1. The lowest BCUT2D eigenvalue weighted by atomic mass is 9.96. The molecular weight excluding hydrogens is 322 g/mol. The van der Waals surface area contributed by atoms with Gasteiger partial charge in [-0.1, -0.05) is 23.7 Å². The zero-order chi connectivity index (χ0) is 16.7. The lowest BCUT2D eigenvalue weighted by Crippen LogP contribution is -2.32. The molecule has 0 spiro atoms. The van der Waals surface area contributed by atoms with Gasteiger partial charge in [0.1, 0.15) is 0 Å². The molecular formula is C19H22ClN3O. The Morgan fingerprint density at radius 3 is 2.96 bits per heavy atom. The Hall–Kier alpha value is -1.81. The van der Waals surface area contributed by atoms with Crippen LogP contribution < -0.4 is 5.32 Å². The summed E-state index contributed by atoms with van der Waals surface area (Å²) < 4.78 is 1.80. The maximum atomic E-state index is 12.4. The van der Waals surface area contributed by atoms with E-state index in [1.54, 1.807) is 4.68 Å². The second-order valence-corrected chi connectivity index (χ2v) is 7.86. The van der Waals surface area contributed by atoms with E-state index < -0.39 is 0 Å². The molecule has 0 bridgehead atoms. The molecule has 0 aliphatic heterocycles. The van der Waals surface area contributed by atoms with Crippen molar-refractivity contribution in [3.05, 3.63) is 52.8 Å². The highest BCUT2D eigenvalue weighted by Gasteiger charge is 2.47. The molecule has 126 valence electrons. The quantitative estimate of drug-likeness (QED) is 0.874. The van der Waals surface area contributed by atoms with Gasteiger partial charge in [0, 0.05) is 30.7 Å². The second kappa shape index (κ2) is 5.92. The molecule has 0 unspecified atom stereocenters. The zero-order valence-corrected chi connectivity index (χ0v) is 14.6. The number of carbonyl (C=O) groups excluding carboxylic acids is 1. The molecule has 1 heterocycles. The molecule has 2 aliphatic rings. The largest absolute Gasteiger partial charge is 0.355 e. The number of hydrogen-bond donors (Lipinski definition) is 1. The fraction of sp³-hybridized carbons (Fsp3) is 0.474. The van der Waals surface area contributed by atoms with E-state index in [0.29, 0.717) is 5.92 Å². The lowest BCUT2D eigenvalue weighted by Gasteiger charge is -2.16. The van der Waals surface area contributed by atoms with Gasteiger partial charge in [0.2, 0.25) is 5.91 Å². The minimum absolute atomic E-state index is 0.121. The molecule has 4 nitrogen and oxygen atoms in total. The molecule has 1 amide bonds. The Bertz CT molecular complexity index is 765. The van der Waals surface area contributed by atoms with Crippen molar-refractivity contribution in [2.75, 3.05) is 6.54 Å². The normalized spacial score (nSPS) is 23.8. The number of amides is 1. The van der Waals surface area contributed by atoms with Crippen molar-refractivity contribution in [2.45, 2.75) is 31.6 Å². The first kappa shape index (κ1) is 15.7. The van der Waals surface area contributed by atoms with Crippen molar-refractivity contribution in [1.82, 2.24) is 15.1 Å². The van der Waals surface area contributed by atoms with E-state index in [-0.39, 0.29) is 17.2 Å². The summed E-state index contributed by atoms with van der Waals surface area (Å²) in [7, 11) is 1.91. The average molecular weight is 344 g/mol. The van der Waals surface area contributed by atoms with Gasteiger partial charge in [-0.15, -0.1) is 0 Å². The molecule has 0 radical (unpaired) electrons. The van der Waals surface area contributed by atoms with Crippen LogP contribution in [0, 0.1) is 11.3 Å². The van der Waals surface area contributed by atoms with E-state index in [1.165, 1.54) is 24.0 Å². The minimum Gasteiger partial charge on any atom is -0.355 e. The monoisotopic (exact) mass is 343 g/mol. The summed E-state index contributed by atoms with van der Waals surface area (Å²) in [6.07, 6.45) is 8.18. The fourth-order valence-corrected chi connectivity index (χ4v) is 3.78. The van der Waals surface area contributed by atoms with Gasteiger partial charge in [-0.05, 0) is 60.3 Å². The summed E-state index contributed by atoms with van der Waals surface area (Å²) >= 11 is 6.07. The summed E-state index contributed by atoms with van der Waals surface area (Å²) in [5.41, 5.74) is 2.67. The van der Waals surface area contributed by atoms with Crippen LogP contribution >= 0.6 is 11.6 Å². The van der Waals surface area contributed by atoms with E-state index in [1.807, 2.05) is 37.6 Å². The minimum atomic E-state index is 0.121. The van der Waals surface area contributed by atoms with Crippen LogP contribution in [0.25, 0.3) is 0 Å². The Morgan fingerprint density at radius 1 is 1.46 bits per heavy atom. The standard InChI is InChI=1S/C19H22ClN3O/c1-23-11-14(10-22-23)16-8-17(16)18(24)21-12-19(5-6-19)9-13-3-2-4-15(20)7-13/h2-4,7,10-11,16-17H,5-6,8-9,12H2,1H3,(H,21,24)/t16-,17+/m0/s1. The van der Waals surface area contributed by atoms with Gasteiger partial charge in [-0.2, -0.15) is 5.10 Å². The van der Waals surface area contributed by atoms with Crippen molar-refractivity contribution in [1.29, 1.82) is 0 Å². The summed E-state index contributed by atoms with van der Waals surface area (Å²) in [5, 5.41) is 8.17. The Kier molecular flexibility index (Phi) is 3.87. The van der Waals surface area contributed by atoms with Gasteiger partial charge in [0.25, 0.3) is 0 Å². The summed E-state index contributed by atoms with van der Waals surface area (Å²) in [5.74, 6) is 0.666. The maximum Gasteiger partial charge on any atom is 0.223 e. The van der Waals surface area contributed by atoms with Crippen molar-refractivity contribution < 1.29 is 4.79 Å². The summed E-state index contributed by atoms with van der Waals surface area (Å²) in [6, 6.07) is 8.04. The molecule has 1 N–H and O–H groups in total. The molecule has 1 aromatic carbocycles. The number of aryl methyl sites for hydroxylation is 1.